The third-order valence-electron chi connectivity index (χ3n) is 8.20. The fourth-order valence-corrected chi connectivity index (χ4v) is 7.87. The number of nitrogens with one attached hydrogen (secondary N) is 2. The fourth-order valence-electron chi connectivity index (χ4n) is 6.96. The predicted octanol–water partition coefficient (Wildman–Crippen LogP) is 3.85. The van der Waals surface area contributed by atoms with Crippen molar-refractivity contribution in [3.05, 3.63) is 29.3 Å². The lowest BCUT2D eigenvalue weighted by Gasteiger charge is -2.55. The smallest absolute Gasteiger partial charge is 0.253 e. The topological polar surface area (TPSA) is 78.5 Å². The van der Waals surface area contributed by atoms with Crippen molar-refractivity contribution in [1.82, 2.24) is 10.2 Å². The van der Waals surface area contributed by atoms with Crippen molar-refractivity contribution in [3.8, 4) is 0 Å². The van der Waals surface area contributed by atoms with Crippen LogP contribution in [-0.4, -0.2) is 53.8 Å². The molecule has 178 valence electrons. The van der Waals surface area contributed by atoms with Gasteiger partial charge in [0.25, 0.3) is 5.91 Å². The molecule has 4 saturated carbocycles. The lowest BCUT2D eigenvalue weighted by molar-refractivity contribution is -0.146. The summed E-state index contributed by atoms with van der Waals surface area (Å²) >= 11 is 1.88. The second-order valence-electron chi connectivity index (χ2n) is 10.7. The molecule has 1 aromatic rings. The van der Waals surface area contributed by atoms with Crippen molar-refractivity contribution in [2.75, 3.05) is 36.5 Å². The van der Waals surface area contributed by atoms with Crippen LogP contribution in [0.25, 0.3) is 0 Å². The number of nitrogens with zero attached hydrogens (tertiary/aromatic N) is 1. The van der Waals surface area contributed by atoms with Crippen LogP contribution in [-0.2, 0) is 9.59 Å². The number of aryl methyl sites for hydroxylation is 1. The first kappa shape index (κ1) is 22.8. The summed E-state index contributed by atoms with van der Waals surface area (Å²) in [6.07, 6.45) is 7.32. The number of anilines is 1. The molecule has 0 atom stereocenters. The van der Waals surface area contributed by atoms with Gasteiger partial charge in [-0.25, -0.2) is 0 Å². The van der Waals surface area contributed by atoms with Gasteiger partial charge in [0.2, 0.25) is 11.8 Å². The van der Waals surface area contributed by atoms with Gasteiger partial charge in [0.1, 0.15) is 0 Å². The van der Waals surface area contributed by atoms with Crippen LogP contribution in [0.1, 0.15) is 60.9 Å². The molecule has 4 bridgehead atoms. The molecule has 0 spiro atoms. The molecule has 5 fully saturated rings. The number of benzene rings is 1. The highest BCUT2D eigenvalue weighted by Gasteiger charge is 2.54. The minimum Gasteiger partial charge on any atom is -0.355 e. The van der Waals surface area contributed by atoms with Crippen LogP contribution in [0, 0.1) is 30.1 Å². The van der Waals surface area contributed by atoms with Gasteiger partial charge in [-0.3, -0.25) is 14.4 Å². The first-order valence-electron chi connectivity index (χ1n) is 12.5. The summed E-state index contributed by atoms with van der Waals surface area (Å²) in [5.41, 5.74) is 2.09. The molecule has 6 rings (SSSR count). The Balaban J connectivity index is 1.11. The SMILES string of the molecule is Cc1cc(C(=O)N2CCSCC2)ccc1NC(=O)CCNC(=O)C12CC3CC(CC(C3)C1)C2. The molecule has 7 heteroatoms. The quantitative estimate of drug-likeness (QED) is 0.663. The third kappa shape index (κ3) is 4.79. The van der Waals surface area contributed by atoms with E-state index in [2.05, 4.69) is 10.6 Å². The number of amides is 3. The molecule has 0 aromatic heterocycles. The van der Waals surface area contributed by atoms with E-state index < -0.39 is 0 Å². The summed E-state index contributed by atoms with van der Waals surface area (Å²) in [5.74, 6) is 4.28. The van der Waals surface area contributed by atoms with Gasteiger partial charge in [0.05, 0.1) is 0 Å². The first-order chi connectivity index (χ1) is 15.9. The zero-order chi connectivity index (χ0) is 23.0. The van der Waals surface area contributed by atoms with E-state index in [0.717, 1.165) is 72.9 Å². The van der Waals surface area contributed by atoms with Crippen LogP contribution >= 0.6 is 11.8 Å². The Bertz CT molecular complexity index is 905. The molecular formula is C26H35N3O3S. The lowest BCUT2D eigenvalue weighted by Crippen LogP contribution is -2.53. The van der Waals surface area contributed by atoms with Crippen LogP contribution in [0.5, 0.6) is 0 Å². The maximum absolute atomic E-state index is 13.0. The molecule has 2 N–H and O–H groups in total. The second kappa shape index (κ2) is 9.32. The summed E-state index contributed by atoms with van der Waals surface area (Å²) in [4.78, 5) is 40.2. The Morgan fingerprint density at radius 3 is 2.27 bits per heavy atom. The summed E-state index contributed by atoms with van der Waals surface area (Å²) in [6, 6.07) is 5.46. The van der Waals surface area contributed by atoms with Gasteiger partial charge in [0, 0.05) is 54.2 Å². The van der Waals surface area contributed by atoms with E-state index >= 15 is 0 Å². The van der Waals surface area contributed by atoms with Crippen molar-refractivity contribution in [1.29, 1.82) is 0 Å². The molecule has 1 heterocycles. The normalized spacial score (nSPS) is 30.2. The molecule has 1 saturated heterocycles. The van der Waals surface area contributed by atoms with E-state index in [9.17, 15) is 14.4 Å². The molecular weight excluding hydrogens is 434 g/mol. The number of carbonyl (C=O) groups excluding carboxylic acids is 3. The van der Waals surface area contributed by atoms with E-state index in [1.54, 1.807) is 6.07 Å². The minimum absolute atomic E-state index is 0.0589. The monoisotopic (exact) mass is 469 g/mol. The number of hydrogen-bond donors (Lipinski definition) is 2. The summed E-state index contributed by atoms with van der Waals surface area (Å²) < 4.78 is 0. The Kier molecular flexibility index (Phi) is 6.43. The van der Waals surface area contributed by atoms with Gasteiger partial charge in [-0.15, -0.1) is 0 Å². The van der Waals surface area contributed by atoms with E-state index in [0.29, 0.717) is 12.1 Å². The molecule has 0 unspecified atom stereocenters. The molecule has 0 radical (unpaired) electrons. The number of rotatable bonds is 6. The molecule has 3 amide bonds. The van der Waals surface area contributed by atoms with Crippen LogP contribution < -0.4 is 10.6 Å². The van der Waals surface area contributed by atoms with E-state index in [4.69, 9.17) is 0 Å². The Labute approximate surface area is 200 Å². The molecule has 1 aliphatic heterocycles. The highest BCUT2D eigenvalue weighted by Crippen LogP contribution is 2.60. The van der Waals surface area contributed by atoms with Crippen LogP contribution in [0.15, 0.2) is 18.2 Å². The van der Waals surface area contributed by atoms with E-state index in [-0.39, 0.29) is 29.6 Å². The zero-order valence-corrected chi connectivity index (χ0v) is 20.3. The molecule has 1 aromatic carbocycles. The summed E-state index contributed by atoms with van der Waals surface area (Å²) in [6.45, 7) is 3.86. The molecule has 33 heavy (non-hydrogen) atoms. The highest BCUT2D eigenvalue weighted by atomic mass is 32.2. The number of hydrogen-bond acceptors (Lipinski definition) is 4. The van der Waals surface area contributed by atoms with Gasteiger partial charge in [0.15, 0.2) is 0 Å². The van der Waals surface area contributed by atoms with Crippen LogP contribution in [0.3, 0.4) is 0 Å². The lowest BCUT2D eigenvalue weighted by atomic mass is 9.49. The molecule has 5 aliphatic rings. The minimum atomic E-state index is -0.169. The van der Waals surface area contributed by atoms with Crippen molar-refractivity contribution < 1.29 is 14.4 Å². The van der Waals surface area contributed by atoms with Crippen LogP contribution in [0.2, 0.25) is 0 Å². The average molecular weight is 470 g/mol. The van der Waals surface area contributed by atoms with Gasteiger partial charge >= 0.3 is 0 Å². The first-order valence-corrected chi connectivity index (χ1v) is 13.6. The van der Waals surface area contributed by atoms with Gasteiger partial charge in [-0.2, -0.15) is 11.8 Å². The van der Waals surface area contributed by atoms with E-state index in [1.807, 2.05) is 35.7 Å². The second-order valence-corrected chi connectivity index (χ2v) is 11.9. The average Bonchev–Trinajstić information content (AvgIpc) is 2.79. The zero-order valence-electron chi connectivity index (χ0n) is 19.5. The maximum atomic E-state index is 13.0. The predicted molar refractivity (Wildman–Crippen MR) is 131 cm³/mol. The number of thioether (sulfide) groups is 1. The number of carbonyl (C=O) groups is 3. The van der Waals surface area contributed by atoms with Gasteiger partial charge in [-0.1, -0.05) is 0 Å². The van der Waals surface area contributed by atoms with Crippen molar-refractivity contribution in [3.63, 3.8) is 0 Å². The van der Waals surface area contributed by atoms with E-state index in [1.165, 1.54) is 19.3 Å². The molecule has 4 aliphatic carbocycles. The van der Waals surface area contributed by atoms with Crippen molar-refractivity contribution in [2.24, 2.45) is 23.2 Å². The fraction of sp³-hybridized carbons (Fsp3) is 0.654. The summed E-state index contributed by atoms with van der Waals surface area (Å²) in [7, 11) is 0. The van der Waals surface area contributed by atoms with Gasteiger partial charge < -0.3 is 15.5 Å². The van der Waals surface area contributed by atoms with Crippen LogP contribution in [0.4, 0.5) is 5.69 Å². The Morgan fingerprint density at radius 2 is 1.67 bits per heavy atom. The standard InChI is InChI=1S/C26H35N3O3S/c1-17-10-21(24(31)29-6-8-33-9-7-29)2-3-22(17)28-23(30)4-5-27-25(32)26-14-18-11-19(15-26)13-20(12-18)16-26/h2-3,10,18-20H,4-9,11-16H2,1H3,(H,27,32)(H,28,30). The largest absolute Gasteiger partial charge is 0.355 e. The van der Waals surface area contributed by atoms with Crippen molar-refractivity contribution >= 4 is 35.2 Å². The summed E-state index contributed by atoms with van der Waals surface area (Å²) in [5, 5.41) is 6.03. The van der Waals surface area contributed by atoms with Crippen molar-refractivity contribution in [2.45, 2.75) is 51.9 Å². The van der Waals surface area contributed by atoms with Gasteiger partial charge in [-0.05, 0) is 87.0 Å². The Hall–Kier alpha value is -2.02. The maximum Gasteiger partial charge on any atom is 0.253 e. The third-order valence-corrected chi connectivity index (χ3v) is 9.15. The highest BCUT2D eigenvalue weighted by molar-refractivity contribution is 7.99. The Morgan fingerprint density at radius 1 is 1.03 bits per heavy atom. The molecule has 6 nitrogen and oxygen atoms in total.